The van der Waals surface area contributed by atoms with Crippen LogP contribution in [-0.4, -0.2) is 51.8 Å². The second-order valence-electron chi connectivity index (χ2n) is 12.1. The van der Waals surface area contributed by atoms with Crippen molar-refractivity contribution in [3.05, 3.63) is 82.9 Å². The molecule has 2 amide bonds. The number of nitrogens with zero attached hydrogens (tertiary/aromatic N) is 1. The molecule has 2 N–H and O–H groups in total. The molecule has 10 heteroatoms. The Morgan fingerprint density at radius 1 is 1.07 bits per heavy atom. The van der Waals surface area contributed by atoms with Gasteiger partial charge in [-0.05, 0) is 66.1 Å². The summed E-state index contributed by atoms with van der Waals surface area (Å²) in [6.07, 6.45) is 2.71. The van der Waals surface area contributed by atoms with Crippen LogP contribution in [0.1, 0.15) is 49.0 Å². The second kappa shape index (κ2) is 12.2. The molecule has 43 heavy (non-hydrogen) atoms. The summed E-state index contributed by atoms with van der Waals surface area (Å²) in [5, 5.41) is 6.14. The predicted octanol–water partition coefficient (Wildman–Crippen LogP) is 7.30. The van der Waals surface area contributed by atoms with Crippen molar-refractivity contribution in [2.75, 3.05) is 10.6 Å². The standard InChI is InChI=1S/C33H33ClIN3O5/c1-33(2)17-26(28-29-30(43-29)31(33)38(28)35)42-32(41)37-24-13-11-19(15-22(24)21-8-4-3-5-9-21)7-6-10-27(40)36-25-14-12-20(18-39)16-23(25)34/h3-5,8-9,11-16,18,26,28-31H,6-7,10,17H2,1-2H3,(H,36,40)(H,37,41). The van der Waals surface area contributed by atoms with Gasteiger partial charge in [0.25, 0.3) is 0 Å². The Hall–Kier alpha value is -2.99. The Morgan fingerprint density at radius 2 is 1.84 bits per heavy atom. The van der Waals surface area contributed by atoms with Crippen LogP contribution in [0.5, 0.6) is 0 Å². The minimum Gasteiger partial charge on any atom is -0.444 e. The summed E-state index contributed by atoms with van der Waals surface area (Å²) in [6.45, 7) is 4.43. The number of hydrogen-bond donors (Lipinski definition) is 2. The van der Waals surface area contributed by atoms with E-state index in [1.54, 1.807) is 12.1 Å². The maximum absolute atomic E-state index is 13.3. The maximum Gasteiger partial charge on any atom is 0.411 e. The number of hydrogen-bond acceptors (Lipinski definition) is 6. The van der Waals surface area contributed by atoms with E-state index in [0.29, 0.717) is 53.6 Å². The fourth-order valence-electron chi connectivity index (χ4n) is 6.51. The first-order chi connectivity index (χ1) is 20.6. The SMILES string of the molecule is CC1(C)CC(OC(=O)Nc2ccc(CCCC(=O)Nc3ccc(C=O)cc3Cl)cc2-c2ccccc2)C2C3OC3C1N2I. The summed E-state index contributed by atoms with van der Waals surface area (Å²) in [6, 6.07) is 21.0. The van der Waals surface area contributed by atoms with Crippen LogP contribution in [-0.2, 0) is 20.7 Å². The van der Waals surface area contributed by atoms with Gasteiger partial charge in [0.15, 0.2) is 0 Å². The lowest BCUT2D eigenvalue weighted by atomic mass is 9.77. The van der Waals surface area contributed by atoms with E-state index in [1.807, 2.05) is 42.5 Å². The van der Waals surface area contributed by atoms with Crippen molar-refractivity contribution in [2.24, 2.45) is 5.41 Å². The van der Waals surface area contributed by atoms with Crippen LogP contribution in [0.3, 0.4) is 0 Å². The quantitative estimate of drug-likeness (QED) is 0.105. The normalized spacial score (nSPS) is 25.0. The minimum absolute atomic E-state index is 0.0282. The van der Waals surface area contributed by atoms with Crippen LogP contribution in [0, 0.1) is 5.41 Å². The number of carbonyl (C=O) groups is 3. The number of epoxide rings is 1. The number of anilines is 2. The highest BCUT2D eigenvalue weighted by molar-refractivity contribution is 14.1. The van der Waals surface area contributed by atoms with Crippen LogP contribution in [0.25, 0.3) is 11.1 Å². The molecule has 3 aliphatic rings. The lowest BCUT2D eigenvalue weighted by Crippen LogP contribution is -2.56. The second-order valence-corrected chi connectivity index (χ2v) is 13.6. The third kappa shape index (κ3) is 6.31. The Balaban J connectivity index is 1.11. The number of amides is 2. The number of rotatable bonds is 9. The van der Waals surface area contributed by atoms with E-state index < -0.39 is 6.09 Å². The van der Waals surface area contributed by atoms with Crippen LogP contribution < -0.4 is 10.6 Å². The van der Waals surface area contributed by atoms with Gasteiger partial charge in [0.05, 0.1) is 28.5 Å². The van der Waals surface area contributed by atoms with Crippen LogP contribution in [0.15, 0.2) is 66.7 Å². The zero-order valence-electron chi connectivity index (χ0n) is 23.9. The number of morpholine rings is 1. The van der Waals surface area contributed by atoms with Gasteiger partial charge in [0.1, 0.15) is 24.6 Å². The highest BCUT2D eigenvalue weighted by Gasteiger charge is 2.70. The Bertz CT molecular complexity index is 1550. The number of fused-ring (bicyclic) bond motifs is 5. The fraction of sp³-hybridized carbons (Fsp3) is 0.364. The van der Waals surface area contributed by atoms with Crippen LogP contribution in [0.4, 0.5) is 16.2 Å². The first kappa shape index (κ1) is 30.1. The highest BCUT2D eigenvalue weighted by Crippen LogP contribution is 2.57. The first-order valence-corrected chi connectivity index (χ1v) is 15.8. The van der Waals surface area contributed by atoms with E-state index >= 15 is 0 Å². The molecule has 0 radical (unpaired) electrons. The largest absolute Gasteiger partial charge is 0.444 e. The zero-order chi connectivity index (χ0) is 30.3. The molecule has 5 unspecified atom stereocenters. The monoisotopic (exact) mass is 713 g/mol. The van der Waals surface area contributed by atoms with Crippen molar-refractivity contribution in [3.8, 4) is 11.1 Å². The average molecular weight is 714 g/mol. The predicted molar refractivity (Wildman–Crippen MR) is 175 cm³/mol. The van der Waals surface area contributed by atoms with Crippen molar-refractivity contribution in [1.29, 1.82) is 0 Å². The molecule has 6 rings (SSSR count). The highest BCUT2D eigenvalue weighted by atomic mass is 127. The van der Waals surface area contributed by atoms with E-state index in [0.717, 1.165) is 23.1 Å². The van der Waals surface area contributed by atoms with Crippen molar-refractivity contribution in [3.63, 3.8) is 0 Å². The van der Waals surface area contributed by atoms with Gasteiger partial charge in [0, 0.05) is 40.4 Å². The summed E-state index contributed by atoms with van der Waals surface area (Å²) in [7, 11) is 0. The minimum atomic E-state index is -0.477. The summed E-state index contributed by atoms with van der Waals surface area (Å²) in [5.74, 6) is -0.155. The number of carbonyl (C=O) groups excluding carboxylic acids is 3. The van der Waals surface area contributed by atoms with Crippen molar-refractivity contribution >= 4 is 64.1 Å². The van der Waals surface area contributed by atoms with Gasteiger partial charge in [-0.25, -0.2) is 7.91 Å². The van der Waals surface area contributed by atoms with E-state index in [1.165, 1.54) is 6.07 Å². The number of ether oxygens (including phenoxy) is 2. The molecule has 0 aromatic heterocycles. The topological polar surface area (TPSA) is 100 Å². The molecule has 224 valence electrons. The van der Waals surface area contributed by atoms with Gasteiger partial charge in [-0.1, -0.05) is 61.8 Å². The third-order valence-electron chi connectivity index (χ3n) is 8.61. The van der Waals surface area contributed by atoms with Crippen LogP contribution in [0.2, 0.25) is 5.02 Å². The smallest absolute Gasteiger partial charge is 0.411 e. The number of piperidine rings is 1. The molecule has 5 atom stereocenters. The van der Waals surface area contributed by atoms with Gasteiger partial charge < -0.3 is 14.8 Å². The van der Waals surface area contributed by atoms with Crippen molar-refractivity contribution in [1.82, 2.24) is 3.11 Å². The number of halogens is 2. The lowest BCUT2D eigenvalue weighted by molar-refractivity contribution is -0.116. The molecular formula is C33H33ClIN3O5. The van der Waals surface area contributed by atoms with E-state index in [4.69, 9.17) is 21.1 Å². The summed E-state index contributed by atoms with van der Waals surface area (Å²) >= 11 is 8.55. The molecule has 3 heterocycles. The number of aldehydes is 1. The van der Waals surface area contributed by atoms with E-state index in [2.05, 4.69) is 56.5 Å². The van der Waals surface area contributed by atoms with Gasteiger partial charge in [0.2, 0.25) is 5.91 Å². The fourth-order valence-corrected chi connectivity index (χ4v) is 8.50. The Kier molecular flexibility index (Phi) is 8.52. The summed E-state index contributed by atoms with van der Waals surface area (Å²) < 4.78 is 14.3. The van der Waals surface area contributed by atoms with E-state index in [-0.39, 0.29) is 35.7 Å². The average Bonchev–Trinajstić information content (AvgIpc) is 3.68. The molecular weight excluding hydrogens is 681 g/mol. The van der Waals surface area contributed by atoms with Gasteiger partial charge in [-0.15, -0.1) is 0 Å². The molecule has 3 saturated heterocycles. The molecule has 2 bridgehead atoms. The van der Waals surface area contributed by atoms with Gasteiger partial charge >= 0.3 is 6.09 Å². The molecule has 3 aromatic carbocycles. The molecule has 0 saturated carbocycles. The number of aryl methyl sites for hydroxylation is 1. The van der Waals surface area contributed by atoms with Crippen molar-refractivity contribution in [2.45, 2.75) is 69.9 Å². The molecule has 3 aliphatic heterocycles. The van der Waals surface area contributed by atoms with Gasteiger partial charge in [-0.2, -0.15) is 0 Å². The molecule has 8 nitrogen and oxygen atoms in total. The molecule has 3 aromatic rings. The molecule has 0 spiro atoms. The van der Waals surface area contributed by atoms with E-state index in [9.17, 15) is 14.4 Å². The Morgan fingerprint density at radius 3 is 2.58 bits per heavy atom. The number of nitrogens with one attached hydrogen (secondary N) is 2. The summed E-state index contributed by atoms with van der Waals surface area (Å²) in [4.78, 5) is 36.7. The lowest BCUT2D eigenvalue weighted by Gasteiger charge is -2.46. The van der Waals surface area contributed by atoms with Crippen LogP contribution >= 0.6 is 34.5 Å². The third-order valence-corrected chi connectivity index (χ3v) is 10.2. The van der Waals surface area contributed by atoms with Gasteiger partial charge in [-0.3, -0.25) is 14.9 Å². The zero-order valence-corrected chi connectivity index (χ0v) is 26.8. The molecule has 3 fully saturated rings. The van der Waals surface area contributed by atoms with Crippen molar-refractivity contribution < 1.29 is 23.9 Å². The summed E-state index contributed by atoms with van der Waals surface area (Å²) in [5.41, 5.74) is 4.46. The maximum atomic E-state index is 13.3. The first-order valence-electron chi connectivity index (χ1n) is 14.4. The Labute approximate surface area is 269 Å². The number of benzene rings is 3. The molecule has 0 aliphatic carbocycles.